The number of rotatable bonds is 5. The van der Waals surface area contributed by atoms with E-state index in [1.165, 1.54) is 29.3 Å². The molecule has 0 spiro atoms. The van der Waals surface area contributed by atoms with Crippen molar-refractivity contribution in [3.63, 3.8) is 0 Å². The molecule has 2 aromatic rings. The minimum Gasteiger partial charge on any atom is -0.311 e. The molecule has 4 rings (SSSR count). The van der Waals surface area contributed by atoms with Crippen molar-refractivity contribution in [1.82, 2.24) is 14.1 Å². The predicted octanol–water partition coefficient (Wildman–Crippen LogP) is 3.69. The quantitative estimate of drug-likeness (QED) is 0.774. The first-order valence-corrected chi connectivity index (χ1v) is 11.9. The van der Waals surface area contributed by atoms with Gasteiger partial charge in [-0.1, -0.05) is 24.4 Å². The number of anilines is 1. The Bertz CT molecular complexity index is 960. The Morgan fingerprint density at radius 1 is 1.03 bits per heavy atom. The van der Waals surface area contributed by atoms with Crippen LogP contribution in [0.2, 0.25) is 5.02 Å². The smallest absolute Gasteiger partial charge is 0.243 e. The highest BCUT2D eigenvalue weighted by Gasteiger charge is 2.32. The van der Waals surface area contributed by atoms with Gasteiger partial charge in [0.2, 0.25) is 15.9 Å². The summed E-state index contributed by atoms with van der Waals surface area (Å²) in [4.78, 5) is 13.0. The van der Waals surface area contributed by atoms with Gasteiger partial charge in [0.25, 0.3) is 0 Å². The SMILES string of the molecule is O=C(Nc1ccnn1C1CCCC1)C1CCN(S(=O)(=O)c2ccc(Cl)cc2)CC1. The highest BCUT2D eigenvalue weighted by Crippen LogP contribution is 2.32. The molecule has 1 amide bonds. The summed E-state index contributed by atoms with van der Waals surface area (Å²) in [5.41, 5.74) is 0. The average molecular weight is 437 g/mol. The topological polar surface area (TPSA) is 84.3 Å². The van der Waals surface area contributed by atoms with Crippen molar-refractivity contribution in [3.05, 3.63) is 41.6 Å². The molecule has 9 heteroatoms. The fourth-order valence-electron chi connectivity index (χ4n) is 4.20. The van der Waals surface area contributed by atoms with Crippen molar-refractivity contribution in [2.24, 2.45) is 5.92 Å². The van der Waals surface area contributed by atoms with Gasteiger partial charge in [0.05, 0.1) is 17.1 Å². The first kappa shape index (κ1) is 20.4. The minimum absolute atomic E-state index is 0.0618. The van der Waals surface area contributed by atoms with Gasteiger partial charge in [-0.15, -0.1) is 0 Å². The monoisotopic (exact) mass is 436 g/mol. The lowest BCUT2D eigenvalue weighted by Crippen LogP contribution is -2.41. The zero-order chi connectivity index (χ0) is 20.4. The maximum absolute atomic E-state index is 12.8. The van der Waals surface area contributed by atoms with E-state index in [2.05, 4.69) is 10.4 Å². The van der Waals surface area contributed by atoms with Gasteiger partial charge in [-0.2, -0.15) is 9.40 Å². The zero-order valence-corrected chi connectivity index (χ0v) is 17.7. The third-order valence-corrected chi connectivity index (χ3v) is 8.03. The molecular weight excluding hydrogens is 412 g/mol. The molecule has 156 valence electrons. The molecule has 1 saturated carbocycles. The second-order valence-electron chi connectivity index (χ2n) is 7.72. The molecule has 0 radical (unpaired) electrons. The van der Waals surface area contributed by atoms with E-state index in [0.717, 1.165) is 18.7 Å². The maximum Gasteiger partial charge on any atom is 0.243 e. The number of benzene rings is 1. The number of nitrogens with one attached hydrogen (secondary N) is 1. The number of halogens is 1. The number of sulfonamides is 1. The molecule has 1 aliphatic carbocycles. The van der Waals surface area contributed by atoms with Crippen LogP contribution in [0.25, 0.3) is 0 Å². The van der Waals surface area contributed by atoms with Crippen molar-refractivity contribution < 1.29 is 13.2 Å². The standard InChI is InChI=1S/C20H25ClN4O3S/c21-16-5-7-18(8-6-16)29(27,28)24-13-10-15(11-14-24)20(26)23-19-9-12-22-25(19)17-3-1-2-4-17/h5-9,12,15,17H,1-4,10-11,13-14H2,(H,23,26). The summed E-state index contributed by atoms with van der Waals surface area (Å²) >= 11 is 5.85. The second kappa shape index (κ2) is 8.45. The lowest BCUT2D eigenvalue weighted by molar-refractivity contribution is -0.121. The number of carbonyl (C=O) groups is 1. The van der Waals surface area contributed by atoms with Gasteiger partial charge in [0.15, 0.2) is 0 Å². The molecule has 2 heterocycles. The van der Waals surface area contributed by atoms with Crippen molar-refractivity contribution >= 4 is 33.3 Å². The predicted molar refractivity (Wildman–Crippen MR) is 111 cm³/mol. The summed E-state index contributed by atoms with van der Waals surface area (Å²) in [7, 11) is -3.57. The molecule has 2 fully saturated rings. The fourth-order valence-corrected chi connectivity index (χ4v) is 5.79. The first-order valence-electron chi connectivity index (χ1n) is 10.1. The lowest BCUT2D eigenvalue weighted by Gasteiger charge is -2.30. The lowest BCUT2D eigenvalue weighted by atomic mass is 9.97. The normalized spacial score (nSPS) is 19.5. The minimum atomic E-state index is -3.57. The van der Waals surface area contributed by atoms with Crippen molar-refractivity contribution in [2.75, 3.05) is 18.4 Å². The third-order valence-electron chi connectivity index (χ3n) is 5.87. The van der Waals surface area contributed by atoms with Crippen LogP contribution in [0.3, 0.4) is 0 Å². The molecular formula is C20H25ClN4O3S. The average Bonchev–Trinajstić information content (AvgIpc) is 3.40. The number of piperidine rings is 1. The Kier molecular flexibility index (Phi) is 5.94. The van der Waals surface area contributed by atoms with Crippen molar-refractivity contribution in [1.29, 1.82) is 0 Å². The largest absolute Gasteiger partial charge is 0.311 e. The van der Waals surface area contributed by atoms with Gasteiger partial charge in [0.1, 0.15) is 5.82 Å². The Hall–Kier alpha value is -1.90. The molecule has 0 unspecified atom stereocenters. The van der Waals surface area contributed by atoms with Crippen LogP contribution in [0, 0.1) is 5.92 Å². The number of amides is 1. The molecule has 1 saturated heterocycles. The Labute approximate surface area is 176 Å². The van der Waals surface area contributed by atoms with Crippen molar-refractivity contribution in [3.8, 4) is 0 Å². The van der Waals surface area contributed by atoms with E-state index >= 15 is 0 Å². The summed E-state index contributed by atoms with van der Waals surface area (Å²) in [5, 5.41) is 7.89. The van der Waals surface area contributed by atoms with E-state index in [1.807, 2.05) is 10.7 Å². The molecule has 1 aromatic heterocycles. The van der Waals surface area contributed by atoms with Gasteiger partial charge in [-0.05, 0) is 49.9 Å². The molecule has 2 aliphatic rings. The Morgan fingerprint density at radius 3 is 2.34 bits per heavy atom. The van der Waals surface area contributed by atoms with E-state index < -0.39 is 10.0 Å². The van der Waals surface area contributed by atoms with Crippen LogP contribution < -0.4 is 5.32 Å². The van der Waals surface area contributed by atoms with Gasteiger partial charge >= 0.3 is 0 Å². The van der Waals surface area contributed by atoms with E-state index in [0.29, 0.717) is 37.0 Å². The number of aromatic nitrogens is 2. The van der Waals surface area contributed by atoms with Crippen LogP contribution in [0.4, 0.5) is 5.82 Å². The fraction of sp³-hybridized carbons (Fsp3) is 0.500. The van der Waals surface area contributed by atoms with E-state index in [9.17, 15) is 13.2 Å². The molecule has 1 N–H and O–H groups in total. The van der Waals surface area contributed by atoms with Crippen LogP contribution in [-0.2, 0) is 14.8 Å². The number of hydrogen-bond donors (Lipinski definition) is 1. The van der Waals surface area contributed by atoms with Gasteiger partial charge in [-0.25, -0.2) is 13.1 Å². The van der Waals surface area contributed by atoms with Gasteiger partial charge in [0, 0.05) is 30.1 Å². The summed E-state index contributed by atoms with van der Waals surface area (Å²) in [6.07, 6.45) is 7.27. The number of nitrogens with zero attached hydrogens (tertiary/aromatic N) is 3. The van der Waals surface area contributed by atoms with Crippen LogP contribution in [0.15, 0.2) is 41.4 Å². The number of hydrogen-bond acceptors (Lipinski definition) is 4. The van der Waals surface area contributed by atoms with Gasteiger partial charge < -0.3 is 5.32 Å². The second-order valence-corrected chi connectivity index (χ2v) is 10.1. The zero-order valence-electron chi connectivity index (χ0n) is 16.1. The summed E-state index contributed by atoms with van der Waals surface area (Å²) in [5.74, 6) is 0.463. The maximum atomic E-state index is 12.8. The molecule has 7 nitrogen and oxygen atoms in total. The van der Waals surface area contributed by atoms with Crippen LogP contribution in [0.5, 0.6) is 0 Å². The van der Waals surface area contributed by atoms with E-state index in [1.54, 1.807) is 18.3 Å². The third kappa shape index (κ3) is 4.34. The number of carbonyl (C=O) groups excluding carboxylic acids is 1. The van der Waals surface area contributed by atoms with Crippen LogP contribution >= 0.6 is 11.6 Å². The molecule has 0 bridgehead atoms. The molecule has 1 aromatic carbocycles. The highest BCUT2D eigenvalue weighted by atomic mass is 35.5. The first-order chi connectivity index (χ1) is 13.9. The molecule has 1 aliphatic heterocycles. The van der Waals surface area contributed by atoms with Crippen LogP contribution in [0.1, 0.15) is 44.6 Å². The van der Waals surface area contributed by atoms with Gasteiger partial charge in [-0.3, -0.25) is 4.79 Å². The Balaban J connectivity index is 1.37. The summed E-state index contributed by atoms with van der Waals surface area (Å²) < 4.78 is 29.0. The van der Waals surface area contributed by atoms with Crippen LogP contribution in [-0.4, -0.2) is 41.5 Å². The highest BCUT2D eigenvalue weighted by molar-refractivity contribution is 7.89. The van der Waals surface area contributed by atoms with E-state index in [4.69, 9.17) is 11.6 Å². The summed E-state index contributed by atoms with van der Waals surface area (Å²) in [6, 6.07) is 8.36. The van der Waals surface area contributed by atoms with Crippen molar-refractivity contribution in [2.45, 2.75) is 49.5 Å². The molecule has 29 heavy (non-hydrogen) atoms. The van der Waals surface area contributed by atoms with E-state index in [-0.39, 0.29) is 16.7 Å². The summed E-state index contributed by atoms with van der Waals surface area (Å²) in [6.45, 7) is 0.649. The molecule has 0 atom stereocenters. The Morgan fingerprint density at radius 2 is 1.69 bits per heavy atom.